The molecule has 0 radical (unpaired) electrons. The maximum absolute atomic E-state index is 5.97. The van der Waals surface area contributed by atoms with Crippen LogP contribution in [0.5, 0.6) is 0 Å². The number of benzene rings is 1. The average molecular weight is 323 g/mol. The van der Waals surface area contributed by atoms with Crippen molar-refractivity contribution in [2.45, 2.75) is 52.6 Å². The Balaban J connectivity index is 2.37. The molecule has 0 aliphatic carbocycles. The highest BCUT2D eigenvalue weighted by molar-refractivity contribution is 7.15. The maximum Gasteiger partial charge on any atom is 0.123 e. The van der Waals surface area contributed by atoms with Crippen molar-refractivity contribution in [3.05, 3.63) is 39.9 Å². The van der Waals surface area contributed by atoms with E-state index in [1.807, 2.05) is 24.3 Å². The summed E-state index contributed by atoms with van der Waals surface area (Å²) in [5, 5.41) is 5.32. The van der Waals surface area contributed by atoms with Crippen LogP contribution in [-0.4, -0.2) is 11.0 Å². The normalized spacial score (nSPS) is 12.1. The Hall–Kier alpha value is -0.900. The molecule has 0 aliphatic heterocycles. The van der Waals surface area contributed by atoms with Crippen LogP contribution in [0, 0.1) is 0 Å². The lowest BCUT2D eigenvalue weighted by atomic mass is 9.91. The summed E-state index contributed by atoms with van der Waals surface area (Å²) in [5.74, 6) is 0. The van der Waals surface area contributed by atoms with E-state index in [4.69, 9.17) is 16.6 Å². The summed E-state index contributed by atoms with van der Waals surface area (Å²) in [4.78, 5) is 6.22. The Morgan fingerprint density at radius 1 is 1.19 bits per heavy atom. The van der Waals surface area contributed by atoms with E-state index < -0.39 is 0 Å². The first kappa shape index (κ1) is 16.5. The molecule has 0 atom stereocenters. The number of thiazole rings is 1. The van der Waals surface area contributed by atoms with Gasteiger partial charge >= 0.3 is 0 Å². The van der Waals surface area contributed by atoms with E-state index in [0.29, 0.717) is 6.04 Å². The molecule has 1 heterocycles. The fourth-order valence-corrected chi connectivity index (χ4v) is 3.42. The number of hydrogen-bond donors (Lipinski definition) is 1. The summed E-state index contributed by atoms with van der Waals surface area (Å²) in [6.45, 7) is 11.8. The van der Waals surface area contributed by atoms with Gasteiger partial charge in [0.2, 0.25) is 0 Å². The summed E-state index contributed by atoms with van der Waals surface area (Å²) >= 11 is 7.74. The van der Waals surface area contributed by atoms with Crippen LogP contribution in [0.1, 0.15) is 45.2 Å². The van der Waals surface area contributed by atoms with Crippen molar-refractivity contribution in [2.24, 2.45) is 0 Å². The SMILES string of the molecule is CC(C)NCc1sc(-c2ccc(Cl)cc2)nc1C(C)(C)C. The highest BCUT2D eigenvalue weighted by Crippen LogP contribution is 2.34. The fourth-order valence-electron chi connectivity index (χ4n) is 2.07. The number of aromatic nitrogens is 1. The van der Waals surface area contributed by atoms with Gasteiger partial charge < -0.3 is 5.32 Å². The molecule has 1 N–H and O–H groups in total. The highest BCUT2D eigenvalue weighted by Gasteiger charge is 2.23. The Kier molecular flexibility index (Phi) is 5.07. The van der Waals surface area contributed by atoms with E-state index in [2.05, 4.69) is 39.9 Å². The monoisotopic (exact) mass is 322 g/mol. The zero-order valence-electron chi connectivity index (χ0n) is 13.3. The molecule has 0 bridgehead atoms. The molecule has 0 fully saturated rings. The van der Waals surface area contributed by atoms with Gasteiger partial charge in [0.05, 0.1) is 5.69 Å². The van der Waals surface area contributed by atoms with Crippen LogP contribution in [0.4, 0.5) is 0 Å². The molecule has 0 saturated heterocycles. The van der Waals surface area contributed by atoms with Gasteiger partial charge in [-0.2, -0.15) is 0 Å². The molecule has 1 aromatic heterocycles. The van der Waals surface area contributed by atoms with Crippen molar-refractivity contribution in [3.63, 3.8) is 0 Å². The molecular weight excluding hydrogens is 300 g/mol. The largest absolute Gasteiger partial charge is 0.310 e. The van der Waals surface area contributed by atoms with Gasteiger partial charge in [-0.15, -0.1) is 11.3 Å². The third-order valence-corrected chi connectivity index (χ3v) is 4.53. The van der Waals surface area contributed by atoms with Crippen LogP contribution in [0.2, 0.25) is 5.02 Å². The molecule has 2 aromatic rings. The van der Waals surface area contributed by atoms with Gasteiger partial charge in [-0.25, -0.2) is 4.98 Å². The van der Waals surface area contributed by atoms with Gasteiger partial charge in [-0.1, -0.05) is 58.4 Å². The first-order valence-electron chi connectivity index (χ1n) is 7.27. The van der Waals surface area contributed by atoms with Crippen LogP contribution < -0.4 is 5.32 Å². The van der Waals surface area contributed by atoms with Crippen molar-refractivity contribution >= 4 is 22.9 Å². The third-order valence-electron chi connectivity index (χ3n) is 3.17. The minimum absolute atomic E-state index is 0.0508. The maximum atomic E-state index is 5.97. The second kappa shape index (κ2) is 6.47. The molecule has 0 amide bonds. The molecule has 0 unspecified atom stereocenters. The number of hydrogen-bond acceptors (Lipinski definition) is 3. The Morgan fingerprint density at radius 2 is 1.81 bits per heavy atom. The number of nitrogens with one attached hydrogen (secondary N) is 1. The van der Waals surface area contributed by atoms with E-state index in [-0.39, 0.29) is 5.41 Å². The van der Waals surface area contributed by atoms with E-state index >= 15 is 0 Å². The predicted molar refractivity (Wildman–Crippen MR) is 93.2 cm³/mol. The molecule has 2 nitrogen and oxygen atoms in total. The van der Waals surface area contributed by atoms with E-state index in [1.54, 1.807) is 11.3 Å². The molecule has 21 heavy (non-hydrogen) atoms. The lowest BCUT2D eigenvalue weighted by molar-refractivity contribution is 0.546. The van der Waals surface area contributed by atoms with Crippen LogP contribution in [0.25, 0.3) is 10.6 Å². The van der Waals surface area contributed by atoms with Crippen molar-refractivity contribution < 1.29 is 0 Å². The smallest absolute Gasteiger partial charge is 0.123 e. The lowest BCUT2D eigenvalue weighted by Crippen LogP contribution is -2.23. The minimum atomic E-state index is 0.0508. The van der Waals surface area contributed by atoms with Crippen LogP contribution in [0.3, 0.4) is 0 Å². The van der Waals surface area contributed by atoms with Crippen LogP contribution in [-0.2, 0) is 12.0 Å². The molecular formula is C17H23ClN2S. The van der Waals surface area contributed by atoms with Crippen LogP contribution >= 0.6 is 22.9 Å². The van der Waals surface area contributed by atoms with Crippen molar-refractivity contribution in [1.82, 2.24) is 10.3 Å². The first-order chi connectivity index (χ1) is 9.77. The molecule has 0 saturated carbocycles. The van der Waals surface area contributed by atoms with Gasteiger partial charge in [0.15, 0.2) is 0 Å². The first-order valence-corrected chi connectivity index (χ1v) is 8.46. The Labute approximate surface area is 136 Å². The third kappa shape index (κ3) is 4.29. The molecule has 2 rings (SSSR count). The van der Waals surface area contributed by atoms with E-state index in [1.165, 1.54) is 10.6 Å². The Morgan fingerprint density at radius 3 is 2.33 bits per heavy atom. The van der Waals surface area contributed by atoms with Gasteiger partial charge in [0.1, 0.15) is 5.01 Å². The number of halogens is 1. The fraction of sp³-hybridized carbons (Fsp3) is 0.471. The molecule has 0 spiro atoms. The predicted octanol–water partition coefficient (Wildman–Crippen LogP) is 5.26. The van der Waals surface area contributed by atoms with Crippen molar-refractivity contribution in [1.29, 1.82) is 0 Å². The number of nitrogens with zero attached hydrogens (tertiary/aromatic N) is 1. The van der Waals surface area contributed by atoms with Gasteiger partial charge in [0, 0.05) is 33.5 Å². The van der Waals surface area contributed by atoms with Crippen LogP contribution in [0.15, 0.2) is 24.3 Å². The Bertz CT molecular complexity index is 594. The second-order valence-corrected chi connectivity index (χ2v) is 8.10. The molecule has 1 aromatic carbocycles. The molecule has 114 valence electrons. The van der Waals surface area contributed by atoms with Gasteiger partial charge in [0.25, 0.3) is 0 Å². The van der Waals surface area contributed by atoms with Gasteiger partial charge in [-0.3, -0.25) is 0 Å². The summed E-state index contributed by atoms with van der Waals surface area (Å²) in [6.07, 6.45) is 0. The summed E-state index contributed by atoms with van der Waals surface area (Å²) in [5.41, 5.74) is 2.37. The molecule has 4 heteroatoms. The second-order valence-electron chi connectivity index (χ2n) is 6.58. The zero-order chi connectivity index (χ0) is 15.6. The minimum Gasteiger partial charge on any atom is -0.310 e. The summed E-state index contributed by atoms with van der Waals surface area (Å²) < 4.78 is 0. The molecule has 0 aliphatic rings. The lowest BCUT2D eigenvalue weighted by Gasteiger charge is -2.18. The van der Waals surface area contributed by atoms with Crippen molar-refractivity contribution in [3.8, 4) is 10.6 Å². The summed E-state index contributed by atoms with van der Waals surface area (Å²) in [7, 11) is 0. The average Bonchev–Trinajstić information content (AvgIpc) is 2.81. The topological polar surface area (TPSA) is 24.9 Å². The van der Waals surface area contributed by atoms with E-state index in [9.17, 15) is 0 Å². The standard InChI is InChI=1S/C17H23ClN2S/c1-11(2)19-10-14-15(17(3,4)5)20-16(21-14)12-6-8-13(18)9-7-12/h6-9,11,19H,10H2,1-5H3. The van der Waals surface area contributed by atoms with Crippen molar-refractivity contribution in [2.75, 3.05) is 0 Å². The number of rotatable bonds is 4. The highest BCUT2D eigenvalue weighted by atomic mass is 35.5. The zero-order valence-corrected chi connectivity index (χ0v) is 14.9. The van der Waals surface area contributed by atoms with E-state index in [0.717, 1.165) is 22.1 Å². The quantitative estimate of drug-likeness (QED) is 0.830. The van der Waals surface area contributed by atoms with Gasteiger partial charge in [-0.05, 0) is 12.1 Å². The summed E-state index contributed by atoms with van der Waals surface area (Å²) in [6, 6.07) is 8.38.